The Labute approximate surface area is 196 Å². The largest absolute Gasteiger partial charge is 0.489 e. The lowest BCUT2D eigenvalue weighted by molar-refractivity contribution is 0.103. The molecule has 2 aromatic carbocycles. The van der Waals surface area contributed by atoms with Gasteiger partial charge in [0.05, 0.1) is 22.1 Å². The molecule has 32 heavy (non-hydrogen) atoms. The molecule has 1 aliphatic heterocycles. The number of rotatable bonds is 7. The smallest absolute Gasteiger partial charge is 0.265 e. The Kier molecular flexibility index (Phi) is 5.83. The molecule has 0 unspecified atom stereocenters. The van der Waals surface area contributed by atoms with Gasteiger partial charge in [0.1, 0.15) is 12.4 Å². The number of fused-ring (bicyclic) bond motifs is 1. The minimum absolute atomic E-state index is 0.145. The van der Waals surface area contributed by atoms with Gasteiger partial charge in [0.15, 0.2) is 11.5 Å². The molecule has 1 aliphatic rings. The van der Waals surface area contributed by atoms with Crippen LogP contribution in [-0.4, -0.2) is 22.5 Å². The summed E-state index contributed by atoms with van der Waals surface area (Å²) in [6, 6.07) is 15.0. The lowest BCUT2D eigenvalue weighted by Crippen LogP contribution is -2.10. The van der Waals surface area contributed by atoms with Gasteiger partial charge in [-0.3, -0.25) is 9.48 Å². The van der Waals surface area contributed by atoms with Crippen molar-refractivity contribution in [2.45, 2.75) is 13.2 Å². The van der Waals surface area contributed by atoms with Crippen LogP contribution in [0.15, 0.2) is 70.8 Å². The van der Waals surface area contributed by atoms with Crippen LogP contribution in [0.4, 0.5) is 5.69 Å². The van der Waals surface area contributed by atoms with Crippen LogP contribution in [-0.2, 0) is 13.2 Å². The summed E-state index contributed by atoms with van der Waals surface area (Å²) in [4.78, 5) is 13.2. The van der Waals surface area contributed by atoms with E-state index in [0.717, 1.165) is 21.3 Å². The molecule has 162 valence electrons. The van der Waals surface area contributed by atoms with E-state index in [9.17, 15) is 4.79 Å². The summed E-state index contributed by atoms with van der Waals surface area (Å²) in [6.07, 6.45) is 3.67. The predicted octanol–water partition coefficient (Wildman–Crippen LogP) is 5.32. The lowest BCUT2D eigenvalue weighted by atomic mass is 10.2. The maximum atomic E-state index is 12.6. The first-order chi connectivity index (χ1) is 15.6. The van der Waals surface area contributed by atoms with Crippen LogP contribution in [0, 0.1) is 0 Å². The van der Waals surface area contributed by atoms with Crippen LogP contribution in [0.1, 0.15) is 20.8 Å². The molecule has 0 aliphatic carbocycles. The highest BCUT2D eigenvalue weighted by Crippen LogP contribution is 2.35. The zero-order valence-electron chi connectivity index (χ0n) is 16.8. The van der Waals surface area contributed by atoms with Gasteiger partial charge in [-0.25, -0.2) is 0 Å². The normalized spacial score (nSPS) is 12.0. The quantitative estimate of drug-likeness (QED) is 0.363. The topological polar surface area (TPSA) is 74.6 Å². The summed E-state index contributed by atoms with van der Waals surface area (Å²) < 4.78 is 19.3. The first-order valence-electron chi connectivity index (χ1n) is 9.80. The van der Waals surface area contributed by atoms with Crippen LogP contribution < -0.4 is 19.5 Å². The zero-order chi connectivity index (χ0) is 21.9. The SMILES string of the molecule is O=C(Nc1ccc(Cn2cc(Br)cn2)cc1)c1cc(COc2ccc3c(c2)OCO3)cs1. The van der Waals surface area contributed by atoms with Crippen LogP contribution >= 0.6 is 27.3 Å². The van der Waals surface area contributed by atoms with Crippen LogP contribution in [0.2, 0.25) is 0 Å². The highest BCUT2D eigenvalue weighted by Gasteiger charge is 2.14. The third-order valence-corrected chi connectivity index (χ3v) is 6.17. The van der Waals surface area contributed by atoms with E-state index in [1.54, 1.807) is 12.3 Å². The van der Waals surface area contributed by atoms with E-state index < -0.39 is 0 Å². The number of anilines is 1. The van der Waals surface area contributed by atoms with E-state index in [0.29, 0.717) is 35.3 Å². The second-order valence-electron chi connectivity index (χ2n) is 7.13. The van der Waals surface area contributed by atoms with Crippen molar-refractivity contribution in [3.63, 3.8) is 0 Å². The number of nitrogens with one attached hydrogen (secondary N) is 1. The van der Waals surface area contributed by atoms with Crippen molar-refractivity contribution in [1.82, 2.24) is 9.78 Å². The predicted molar refractivity (Wildman–Crippen MR) is 125 cm³/mol. The molecule has 0 saturated heterocycles. The number of hydrogen-bond donors (Lipinski definition) is 1. The Hall–Kier alpha value is -3.30. The van der Waals surface area contributed by atoms with Crippen molar-refractivity contribution >= 4 is 38.9 Å². The maximum absolute atomic E-state index is 12.6. The Bertz CT molecular complexity index is 1250. The number of benzene rings is 2. The Balaban J connectivity index is 1.16. The number of ether oxygens (including phenoxy) is 3. The molecule has 1 amide bonds. The summed E-state index contributed by atoms with van der Waals surface area (Å²) in [7, 11) is 0. The molecule has 2 aromatic heterocycles. The van der Waals surface area contributed by atoms with Crippen molar-refractivity contribution in [2.75, 3.05) is 12.1 Å². The molecule has 0 spiro atoms. The van der Waals surface area contributed by atoms with Crippen molar-refractivity contribution in [3.8, 4) is 17.2 Å². The highest BCUT2D eigenvalue weighted by molar-refractivity contribution is 9.10. The molecular formula is C23H18BrN3O4S. The molecule has 5 rings (SSSR count). The summed E-state index contributed by atoms with van der Waals surface area (Å²) in [5.41, 5.74) is 2.77. The number of carbonyl (C=O) groups excluding carboxylic acids is 1. The standard InChI is InChI=1S/C23H18BrN3O4S/c24-17-9-25-27(11-17)10-15-1-3-18(4-2-15)26-23(28)22-7-16(13-32-22)12-29-19-5-6-20-21(8-19)31-14-30-20/h1-9,11,13H,10,12,14H2,(H,26,28). The average molecular weight is 512 g/mol. The molecule has 0 fully saturated rings. The molecule has 9 heteroatoms. The zero-order valence-corrected chi connectivity index (χ0v) is 19.2. The van der Waals surface area contributed by atoms with Crippen molar-refractivity contribution in [3.05, 3.63) is 86.8 Å². The Morgan fingerprint density at radius 3 is 2.78 bits per heavy atom. The summed E-state index contributed by atoms with van der Waals surface area (Å²) in [6.45, 7) is 1.26. The van der Waals surface area contributed by atoms with Gasteiger partial charge in [0.25, 0.3) is 5.91 Å². The number of carbonyl (C=O) groups is 1. The van der Waals surface area contributed by atoms with Crippen LogP contribution in [0.25, 0.3) is 0 Å². The van der Waals surface area contributed by atoms with E-state index in [4.69, 9.17) is 14.2 Å². The van der Waals surface area contributed by atoms with Crippen molar-refractivity contribution < 1.29 is 19.0 Å². The van der Waals surface area contributed by atoms with E-state index >= 15 is 0 Å². The van der Waals surface area contributed by atoms with Gasteiger partial charge in [-0.15, -0.1) is 11.3 Å². The fourth-order valence-electron chi connectivity index (χ4n) is 3.20. The second-order valence-corrected chi connectivity index (χ2v) is 8.96. The molecule has 3 heterocycles. The van der Waals surface area contributed by atoms with Gasteiger partial charge in [0, 0.05) is 23.5 Å². The Morgan fingerprint density at radius 2 is 1.97 bits per heavy atom. The number of halogens is 1. The summed E-state index contributed by atoms with van der Waals surface area (Å²) in [5.74, 6) is 1.94. The molecule has 0 saturated carbocycles. The number of amides is 1. The van der Waals surface area contributed by atoms with Crippen LogP contribution in [0.3, 0.4) is 0 Å². The van der Waals surface area contributed by atoms with Crippen molar-refractivity contribution in [2.24, 2.45) is 0 Å². The molecule has 0 bridgehead atoms. The van der Waals surface area contributed by atoms with E-state index in [1.807, 2.05) is 58.7 Å². The third-order valence-electron chi connectivity index (χ3n) is 4.79. The first-order valence-corrected chi connectivity index (χ1v) is 11.5. The first kappa shape index (κ1) is 20.6. The van der Waals surface area contributed by atoms with E-state index in [2.05, 4.69) is 26.3 Å². The summed E-state index contributed by atoms with van der Waals surface area (Å²) in [5, 5.41) is 9.12. The number of aromatic nitrogens is 2. The van der Waals surface area contributed by atoms with Gasteiger partial charge in [-0.1, -0.05) is 12.1 Å². The number of hydrogen-bond acceptors (Lipinski definition) is 6. The van der Waals surface area contributed by atoms with Gasteiger partial charge < -0.3 is 19.5 Å². The number of nitrogens with zero attached hydrogens (tertiary/aromatic N) is 2. The van der Waals surface area contributed by atoms with Gasteiger partial charge >= 0.3 is 0 Å². The van der Waals surface area contributed by atoms with Gasteiger partial charge in [-0.05, 0) is 57.2 Å². The summed E-state index contributed by atoms with van der Waals surface area (Å²) >= 11 is 4.78. The van der Waals surface area contributed by atoms with E-state index in [1.165, 1.54) is 11.3 Å². The van der Waals surface area contributed by atoms with Gasteiger partial charge in [-0.2, -0.15) is 5.10 Å². The molecule has 7 nitrogen and oxygen atoms in total. The molecule has 1 N–H and O–H groups in total. The number of thiophene rings is 1. The van der Waals surface area contributed by atoms with Gasteiger partial charge in [0.2, 0.25) is 6.79 Å². The third kappa shape index (κ3) is 4.79. The minimum atomic E-state index is -0.145. The maximum Gasteiger partial charge on any atom is 0.265 e. The fraction of sp³-hybridized carbons (Fsp3) is 0.130. The van der Waals surface area contributed by atoms with Crippen LogP contribution in [0.5, 0.6) is 17.2 Å². The fourth-order valence-corrected chi connectivity index (χ4v) is 4.32. The van der Waals surface area contributed by atoms with Crippen molar-refractivity contribution in [1.29, 1.82) is 0 Å². The Morgan fingerprint density at radius 1 is 1.12 bits per heavy atom. The lowest BCUT2D eigenvalue weighted by Gasteiger charge is -2.06. The minimum Gasteiger partial charge on any atom is -0.489 e. The highest BCUT2D eigenvalue weighted by atomic mass is 79.9. The monoisotopic (exact) mass is 511 g/mol. The average Bonchev–Trinajstić information content (AvgIpc) is 3.54. The molecule has 0 atom stereocenters. The molecule has 4 aromatic rings. The second kappa shape index (κ2) is 9.05. The van der Waals surface area contributed by atoms with E-state index in [-0.39, 0.29) is 12.7 Å². The molecule has 0 radical (unpaired) electrons. The molecular weight excluding hydrogens is 494 g/mol.